The maximum Gasteiger partial charge on any atom is 0.257 e. The second-order valence-electron chi connectivity index (χ2n) is 5.09. The lowest BCUT2D eigenvalue weighted by Crippen LogP contribution is -2.13. The van der Waals surface area contributed by atoms with Crippen molar-refractivity contribution in [3.63, 3.8) is 0 Å². The molecule has 0 saturated heterocycles. The molecule has 0 aliphatic carbocycles. The van der Waals surface area contributed by atoms with E-state index in [1.807, 2.05) is 25.1 Å². The van der Waals surface area contributed by atoms with Crippen molar-refractivity contribution < 1.29 is 4.79 Å². The number of carbonyl (C=O) groups is 1. The summed E-state index contributed by atoms with van der Waals surface area (Å²) < 4.78 is 1.72. The van der Waals surface area contributed by atoms with Crippen LogP contribution in [-0.4, -0.2) is 25.7 Å². The van der Waals surface area contributed by atoms with Gasteiger partial charge >= 0.3 is 0 Å². The average molecular weight is 315 g/mol. The van der Waals surface area contributed by atoms with Crippen LogP contribution in [0.2, 0.25) is 0 Å². The van der Waals surface area contributed by atoms with E-state index in [1.54, 1.807) is 10.6 Å². The van der Waals surface area contributed by atoms with Gasteiger partial charge in [0, 0.05) is 12.0 Å². The number of benzene rings is 1. The molecule has 0 unspecified atom stereocenters. The lowest BCUT2D eigenvalue weighted by Gasteiger charge is -2.04. The minimum atomic E-state index is -0.154. The monoisotopic (exact) mass is 315 g/mol. The molecule has 0 aliphatic heterocycles. The van der Waals surface area contributed by atoms with Gasteiger partial charge in [-0.2, -0.15) is 4.52 Å². The number of carbonyl (C=O) groups excluding carboxylic acids is 1. The molecule has 6 nitrogen and oxygen atoms in total. The molecule has 0 bridgehead atoms. The molecule has 2 aromatic heterocycles. The van der Waals surface area contributed by atoms with Crippen LogP contribution in [0.5, 0.6) is 0 Å². The van der Waals surface area contributed by atoms with Gasteiger partial charge in [0.05, 0.1) is 0 Å². The first-order valence-electron chi connectivity index (χ1n) is 7.27. The van der Waals surface area contributed by atoms with Crippen molar-refractivity contribution in [2.75, 3.05) is 5.32 Å². The maximum atomic E-state index is 12.3. The molecule has 0 saturated carbocycles. The number of amides is 1. The van der Waals surface area contributed by atoms with E-state index in [-0.39, 0.29) is 5.91 Å². The Kier molecular flexibility index (Phi) is 4.15. The molecule has 0 radical (unpaired) electrons. The fraction of sp³-hybridized carbons (Fsp3) is 0.333. The van der Waals surface area contributed by atoms with Crippen molar-refractivity contribution in [3.8, 4) is 0 Å². The number of hydrogen-bond acceptors (Lipinski definition) is 5. The predicted molar refractivity (Wildman–Crippen MR) is 86.4 cm³/mol. The van der Waals surface area contributed by atoms with E-state index in [2.05, 4.69) is 27.5 Å². The van der Waals surface area contributed by atoms with Crippen molar-refractivity contribution in [3.05, 3.63) is 41.2 Å². The normalized spacial score (nSPS) is 11.0. The lowest BCUT2D eigenvalue weighted by molar-refractivity contribution is 0.102. The summed E-state index contributed by atoms with van der Waals surface area (Å²) in [5.41, 5.74) is 1.59. The van der Waals surface area contributed by atoms with Gasteiger partial charge in [0.2, 0.25) is 10.1 Å². The Hall–Kier alpha value is -2.28. The molecule has 1 aromatic carbocycles. The van der Waals surface area contributed by atoms with Gasteiger partial charge in [-0.25, -0.2) is 0 Å². The Morgan fingerprint density at radius 3 is 2.91 bits per heavy atom. The van der Waals surface area contributed by atoms with E-state index >= 15 is 0 Å². The van der Waals surface area contributed by atoms with Crippen LogP contribution in [0.4, 0.5) is 5.13 Å². The standard InChI is InChI=1S/C15H17N5OS/c1-3-4-9-12-17-18-15-20(12)19-14(22-15)16-13(21)11-8-6-5-7-10(11)2/h5-8H,3-4,9H2,1-2H3,(H,16,19,21). The number of fused-ring (bicyclic) bond motifs is 1. The van der Waals surface area contributed by atoms with E-state index in [1.165, 1.54) is 11.3 Å². The van der Waals surface area contributed by atoms with Crippen LogP contribution in [0.1, 0.15) is 41.5 Å². The van der Waals surface area contributed by atoms with Crippen LogP contribution >= 0.6 is 11.3 Å². The van der Waals surface area contributed by atoms with Crippen LogP contribution in [0, 0.1) is 6.92 Å². The van der Waals surface area contributed by atoms with Gasteiger partial charge in [-0.15, -0.1) is 15.3 Å². The van der Waals surface area contributed by atoms with Crippen molar-refractivity contribution >= 4 is 27.3 Å². The molecule has 1 amide bonds. The highest BCUT2D eigenvalue weighted by atomic mass is 32.1. The summed E-state index contributed by atoms with van der Waals surface area (Å²) in [5.74, 6) is 0.683. The second-order valence-corrected chi connectivity index (χ2v) is 6.05. The maximum absolute atomic E-state index is 12.3. The fourth-order valence-corrected chi connectivity index (χ4v) is 2.94. The third-order valence-electron chi connectivity index (χ3n) is 3.42. The third-order valence-corrected chi connectivity index (χ3v) is 4.23. The molecule has 114 valence electrons. The Balaban J connectivity index is 1.81. The SMILES string of the molecule is CCCCc1nnc2sc(NC(=O)c3ccccc3C)nn12. The Morgan fingerprint density at radius 2 is 2.14 bits per heavy atom. The minimum absolute atomic E-state index is 0.154. The van der Waals surface area contributed by atoms with Crippen molar-refractivity contribution in [1.29, 1.82) is 0 Å². The molecule has 1 N–H and O–H groups in total. The topological polar surface area (TPSA) is 72.2 Å². The van der Waals surface area contributed by atoms with Gasteiger partial charge in [0.25, 0.3) is 5.91 Å². The Labute approximate surface area is 132 Å². The first-order chi connectivity index (χ1) is 10.7. The van der Waals surface area contributed by atoms with E-state index in [9.17, 15) is 4.79 Å². The largest absolute Gasteiger partial charge is 0.296 e. The summed E-state index contributed by atoms with van der Waals surface area (Å²) in [6.07, 6.45) is 2.98. The molecular formula is C15H17N5OS. The van der Waals surface area contributed by atoms with Gasteiger partial charge < -0.3 is 0 Å². The van der Waals surface area contributed by atoms with Crippen LogP contribution in [0.3, 0.4) is 0 Å². The highest BCUT2D eigenvalue weighted by Gasteiger charge is 2.14. The molecule has 3 rings (SSSR count). The Bertz CT molecular complexity index is 807. The van der Waals surface area contributed by atoms with Crippen LogP contribution < -0.4 is 5.32 Å². The molecule has 0 atom stereocenters. The second kappa shape index (κ2) is 6.23. The number of aryl methyl sites for hydroxylation is 2. The summed E-state index contributed by atoms with van der Waals surface area (Å²) in [7, 11) is 0. The number of rotatable bonds is 5. The summed E-state index contributed by atoms with van der Waals surface area (Å²) in [4.78, 5) is 13.0. The van der Waals surface area contributed by atoms with Crippen molar-refractivity contribution in [2.45, 2.75) is 33.1 Å². The quantitative estimate of drug-likeness (QED) is 0.785. The smallest absolute Gasteiger partial charge is 0.257 e. The molecule has 3 aromatic rings. The average Bonchev–Trinajstić information content (AvgIpc) is 3.06. The predicted octanol–water partition coefficient (Wildman–Crippen LogP) is 3.09. The molecule has 7 heteroatoms. The van der Waals surface area contributed by atoms with Crippen molar-refractivity contribution in [2.24, 2.45) is 0 Å². The van der Waals surface area contributed by atoms with E-state index in [0.29, 0.717) is 15.7 Å². The van der Waals surface area contributed by atoms with E-state index < -0.39 is 0 Å². The van der Waals surface area contributed by atoms with Gasteiger partial charge in [0.1, 0.15) is 0 Å². The number of hydrogen-bond donors (Lipinski definition) is 1. The molecule has 0 spiro atoms. The summed E-state index contributed by atoms with van der Waals surface area (Å²) in [6, 6.07) is 7.48. The van der Waals surface area contributed by atoms with E-state index in [0.717, 1.165) is 30.7 Å². The minimum Gasteiger partial charge on any atom is -0.296 e. The third kappa shape index (κ3) is 2.85. The van der Waals surface area contributed by atoms with Crippen LogP contribution in [0.15, 0.2) is 24.3 Å². The lowest BCUT2D eigenvalue weighted by atomic mass is 10.1. The van der Waals surface area contributed by atoms with Gasteiger partial charge in [-0.05, 0) is 25.0 Å². The van der Waals surface area contributed by atoms with Crippen LogP contribution in [0.25, 0.3) is 4.96 Å². The number of aromatic nitrogens is 4. The number of nitrogens with one attached hydrogen (secondary N) is 1. The van der Waals surface area contributed by atoms with Crippen molar-refractivity contribution in [1.82, 2.24) is 19.8 Å². The highest BCUT2D eigenvalue weighted by Crippen LogP contribution is 2.20. The zero-order chi connectivity index (χ0) is 15.5. The summed E-state index contributed by atoms with van der Waals surface area (Å²) in [6.45, 7) is 4.05. The number of nitrogens with zero attached hydrogens (tertiary/aromatic N) is 4. The van der Waals surface area contributed by atoms with Gasteiger partial charge in [-0.1, -0.05) is 42.9 Å². The molecule has 22 heavy (non-hydrogen) atoms. The number of unbranched alkanes of at least 4 members (excludes halogenated alkanes) is 1. The van der Waals surface area contributed by atoms with Gasteiger partial charge in [-0.3, -0.25) is 10.1 Å². The van der Waals surface area contributed by atoms with Gasteiger partial charge in [0.15, 0.2) is 5.82 Å². The zero-order valence-electron chi connectivity index (χ0n) is 12.5. The summed E-state index contributed by atoms with van der Waals surface area (Å²) >= 11 is 1.33. The summed E-state index contributed by atoms with van der Waals surface area (Å²) in [5, 5.41) is 16.0. The first-order valence-corrected chi connectivity index (χ1v) is 8.08. The number of anilines is 1. The molecule has 2 heterocycles. The van der Waals surface area contributed by atoms with Crippen LogP contribution in [-0.2, 0) is 6.42 Å². The van der Waals surface area contributed by atoms with E-state index in [4.69, 9.17) is 0 Å². The zero-order valence-corrected chi connectivity index (χ0v) is 13.4. The molecule has 0 fully saturated rings. The molecule has 0 aliphatic rings. The fourth-order valence-electron chi connectivity index (χ4n) is 2.19. The Morgan fingerprint density at radius 1 is 1.32 bits per heavy atom. The molecular weight excluding hydrogens is 298 g/mol. The highest BCUT2D eigenvalue weighted by molar-refractivity contribution is 7.20. The first kappa shape index (κ1) is 14.6.